The summed E-state index contributed by atoms with van der Waals surface area (Å²) in [6, 6.07) is 5.20. The summed E-state index contributed by atoms with van der Waals surface area (Å²) in [7, 11) is 3.10. The molecule has 0 spiro atoms. The Bertz CT molecular complexity index is 503. The summed E-state index contributed by atoms with van der Waals surface area (Å²) in [5, 5.41) is 16.1. The highest BCUT2D eigenvalue weighted by molar-refractivity contribution is 5.78. The fraction of sp³-hybridized carbons (Fsp3) is 0.562. The third kappa shape index (κ3) is 4.89. The zero-order valence-electron chi connectivity index (χ0n) is 13.1. The lowest BCUT2D eigenvalue weighted by Gasteiger charge is -2.16. The average Bonchev–Trinajstić information content (AvgIpc) is 3.36. The van der Waals surface area contributed by atoms with Crippen molar-refractivity contribution in [2.75, 3.05) is 33.9 Å². The zero-order valence-corrected chi connectivity index (χ0v) is 13.1. The van der Waals surface area contributed by atoms with Crippen LogP contribution in [0.3, 0.4) is 0 Å². The largest absolute Gasteiger partial charge is 0.497 e. The van der Waals surface area contributed by atoms with Gasteiger partial charge in [0.25, 0.3) is 0 Å². The number of carbonyl (C=O) groups excluding carboxylic acids is 1. The number of aliphatic hydroxyl groups is 1. The van der Waals surface area contributed by atoms with E-state index >= 15 is 0 Å². The van der Waals surface area contributed by atoms with Crippen LogP contribution in [0, 0.1) is 5.92 Å². The second-order valence-corrected chi connectivity index (χ2v) is 5.50. The van der Waals surface area contributed by atoms with Gasteiger partial charge in [0.05, 0.1) is 26.9 Å². The summed E-state index contributed by atoms with van der Waals surface area (Å²) in [5.41, 5.74) is 0.591. The van der Waals surface area contributed by atoms with Crippen LogP contribution >= 0.6 is 0 Å². The number of rotatable bonds is 9. The van der Waals surface area contributed by atoms with E-state index in [4.69, 9.17) is 9.47 Å². The fourth-order valence-electron chi connectivity index (χ4n) is 2.19. The van der Waals surface area contributed by atoms with Crippen LogP contribution in [0.15, 0.2) is 18.2 Å². The Labute approximate surface area is 130 Å². The molecule has 122 valence electrons. The molecular weight excluding hydrogens is 284 g/mol. The second-order valence-electron chi connectivity index (χ2n) is 5.50. The maximum Gasteiger partial charge on any atom is 0.234 e. The van der Waals surface area contributed by atoms with Gasteiger partial charge in [0.15, 0.2) is 0 Å². The van der Waals surface area contributed by atoms with E-state index in [-0.39, 0.29) is 19.0 Å². The molecule has 1 amide bonds. The van der Waals surface area contributed by atoms with Gasteiger partial charge < -0.3 is 25.2 Å². The van der Waals surface area contributed by atoms with E-state index in [1.54, 1.807) is 32.4 Å². The quantitative estimate of drug-likeness (QED) is 0.630. The molecule has 3 N–H and O–H groups in total. The SMILES string of the molecule is COc1ccc(OC)c(C(O)CNC(=O)CNCC2CC2)c1. The van der Waals surface area contributed by atoms with Crippen LogP contribution in [0.4, 0.5) is 0 Å². The Balaban J connectivity index is 1.82. The first-order valence-corrected chi connectivity index (χ1v) is 7.51. The predicted molar refractivity (Wildman–Crippen MR) is 83.1 cm³/mol. The van der Waals surface area contributed by atoms with Gasteiger partial charge in [-0.15, -0.1) is 0 Å². The molecule has 0 saturated heterocycles. The molecule has 1 aliphatic carbocycles. The lowest BCUT2D eigenvalue weighted by Crippen LogP contribution is -2.36. The van der Waals surface area contributed by atoms with Gasteiger partial charge in [0.1, 0.15) is 11.5 Å². The van der Waals surface area contributed by atoms with E-state index in [0.717, 1.165) is 12.5 Å². The van der Waals surface area contributed by atoms with Crippen molar-refractivity contribution in [1.29, 1.82) is 0 Å². The highest BCUT2D eigenvalue weighted by Crippen LogP contribution is 2.29. The Morgan fingerprint density at radius 3 is 2.77 bits per heavy atom. The molecule has 1 atom stereocenters. The molecule has 22 heavy (non-hydrogen) atoms. The molecule has 1 fully saturated rings. The summed E-state index contributed by atoms with van der Waals surface area (Å²) in [5.74, 6) is 1.81. The van der Waals surface area contributed by atoms with Crippen LogP contribution in [0.25, 0.3) is 0 Å². The van der Waals surface area contributed by atoms with Gasteiger partial charge in [0.2, 0.25) is 5.91 Å². The summed E-state index contributed by atoms with van der Waals surface area (Å²) < 4.78 is 10.4. The minimum atomic E-state index is -0.850. The van der Waals surface area contributed by atoms with Gasteiger partial charge in [-0.25, -0.2) is 0 Å². The topological polar surface area (TPSA) is 79.8 Å². The van der Waals surface area contributed by atoms with Crippen LogP contribution in [0.5, 0.6) is 11.5 Å². The van der Waals surface area contributed by atoms with Crippen molar-refractivity contribution in [1.82, 2.24) is 10.6 Å². The average molecular weight is 308 g/mol. The number of amides is 1. The van der Waals surface area contributed by atoms with Gasteiger partial charge in [-0.3, -0.25) is 4.79 Å². The highest BCUT2D eigenvalue weighted by atomic mass is 16.5. The van der Waals surface area contributed by atoms with Crippen molar-refractivity contribution >= 4 is 5.91 Å². The monoisotopic (exact) mass is 308 g/mol. The van der Waals surface area contributed by atoms with Crippen molar-refractivity contribution in [2.24, 2.45) is 5.92 Å². The Morgan fingerprint density at radius 1 is 1.36 bits per heavy atom. The Hall–Kier alpha value is -1.79. The molecule has 1 aromatic carbocycles. The number of aliphatic hydroxyl groups excluding tert-OH is 1. The molecule has 6 heteroatoms. The van der Waals surface area contributed by atoms with Gasteiger partial charge in [-0.2, -0.15) is 0 Å². The number of hydrogen-bond donors (Lipinski definition) is 3. The summed E-state index contributed by atoms with van der Waals surface area (Å²) in [6.07, 6.45) is 1.66. The second kappa shape index (κ2) is 8.00. The number of ether oxygens (including phenoxy) is 2. The maximum atomic E-state index is 11.7. The van der Waals surface area contributed by atoms with Crippen LogP contribution in [0.2, 0.25) is 0 Å². The van der Waals surface area contributed by atoms with Gasteiger partial charge in [0, 0.05) is 12.1 Å². The first kappa shape index (κ1) is 16.6. The van der Waals surface area contributed by atoms with Crippen molar-refractivity contribution < 1.29 is 19.4 Å². The van der Waals surface area contributed by atoms with Crippen LogP contribution in [0.1, 0.15) is 24.5 Å². The molecular formula is C16H24N2O4. The highest BCUT2D eigenvalue weighted by Gasteiger charge is 2.21. The van der Waals surface area contributed by atoms with E-state index < -0.39 is 6.10 Å². The first-order valence-electron chi connectivity index (χ1n) is 7.51. The molecule has 1 saturated carbocycles. The maximum absolute atomic E-state index is 11.7. The van der Waals surface area contributed by atoms with E-state index in [1.165, 1.54) is 12.8 Å². The number of nitrogens with one attached hydrogen (secondary N) is 2. The zero-order chi connectivity index (χ0) is 15.9. The lowest BCUT2D eigenvalue weighted by molar-refractivity contribution is -0.120. The molecule has 0 heterocycles. The third-order valence-corrected chi connectivity index (χ3v) is 3.70. The third-order valence-electron chi connectivity index (χ3n) is 3.70. The Kier molecular flexibility index (Phi) is 6.03. The number of carbonyl (C=O) groups is 1. The standard InChI is InChI=1S/C16H24N2O4/c1-21-12-5-6-15(22-2)13(7-12)14(19)9-18-16(20)10-17-8-11-3-4-11/h5-7,11,14,17,19H,3-4,8-10H2,1-2H3,(H,18,20). The first-order chi connectivity index (χ1) is 10.6. The molecule has 1 aliphatic rings. The normalized spacial score (nSPS) is 15.2. The van der Waals surface area contributed by atoms with Crippen molar-refractivity contribution in [3.8, 4) is 11.5 Å². The summed E-state index contributed by atoms with van der Waals surface area (Å²) in [4.78, 5) is 11.7. The van der Waals surface area contributed by atoms with E-state index in [9.17, 15) is 9.90 Å². The van der Waals surface area contributed by atoms with Crippen molar-refractivity contribution in [2.45, 2.75) is 18.9 Å². The number of hydrogen-bond acceptors (Lipinski definition) is 5. The van der Waals surface area contributed by atoms with Crippen molar-refractivity contribution in [3.63, 3.8) is 0 Å². The van der Waals surface area contributed by atoms with Crippen molar-refractivity contribution in [3.05, 3.63) is 23.8 Å². The summed E-state index contributed by atoms with van der Waals surface area (Å²) in [6.45, 7) is 1.30. The molecule has 0 bridgehead atoms. The van der Waals surface area contributed by atoms with Crippen LogP contribution in [-0.4, -0.2) is 44.9 Å². The fourth-order valence-corrected chi connectivity index (χ4v) is 2.19. The van der Waals surface area contributed by atoms with Gasteiger partial charge >= 0.3 is 0 Å². The Morgan fingerprint density at radius 2 is 2.14 bits per heavy atom. The molecule has 0 aliphatic heterocycles. The lowest BCUT2D eigenvalue weighted by atomic mass is 10.1. The minimum Gasteiger partial charge on any atom is -0.497 e. The number of benzene rings is 1. The molecule has 6 nitrogen and oxygen atoms in total. The molecule has 1 unspecified atom stereocenters. The molecule has 1 aromatic rings. The molecule has 2 rings (SSSR count). The predicted octanol–water partition coefficient (Wildman–Crippen LogP) is 0.853. The summed E-state index contributed by atoms with van der Waals surface area (Å²) >= 11 is 0. The van der Waals surface area contributed by atoms with Crippen LogP contribution < -0.4 is 20.1 Å². The van der Waals surface area contributed by atoms with E-state index in [2.05, 4.69) is 10.6 Å². The van der Waals surface area contributed by atoms with Gasteiger partial charge in [-0.1, -0.05) is 0 Å². The van der Waals surface area contributed by atoms with E-state index in [0.29, 0.717) is 17.1 Å². The van der Waals surface area contributed by atoms with Crippen LogP contribution in [-0.2, 0) is 4.79 Å². The smallest absolute Gasteiger partial charge is 0.234 e. The molecule has 0 aromatic heterocycles. The number of methoxy groups -OCH3 is 2. The minimum absolute atomic E-state index is 0.124. The molecule has 0 radical (unpaired) electrons. The van der Waals surface area contributed by atoms with E-state index in [1.807, 2.05) is 0 Å². The van der Waals surface area contributed by atoms with Gasteiger partial charge in [-0.05, 0) is 43.5 Å².